The zero-order valence-electron chi connectivity index (χ0n) is 14.1. The number of aromatic nitrogens is 2. The summed E-state index contributed by atoms with van der Waals surface area (Å²) in [4.78, 5) is 12.5. The molecule has 2 aromatic heterocycles. The lowest BCUT2D eigenvalue weighted by Crippen LogP contribution is -2.23. The number of fused-ring (bicyclic) bond motifs is 1. The molecule has 0 radical (unpaired) electrons. The SMILES string of the molecule is CCN(Cc1ccccc1)c1ncnc2scc(-c3ccccc3)c12. The van der Waals surface area contributed by atoms with Gasteiger partial charge in [0.15, 0.2) is 0 Å². The lowest BCUT2D eigenvalue weighted by Gasteiger charge is -2.23. The summed E-state index contributed by atoms with van der Waals surface area (Å²) >= 11 is 1.68. The van der Waals surface area contributed by atoms with Gasteiger partial charge in [-0.15, -0.1) is 11.3 Å². The second kappa shape index (κ2) is 7.03. The third kappa shape index (κ3) is 3.13. The molecule has 0 bridgehead atoms. The molecule has 0 unspecified atom stereocenters. The third-order valence-corrected chi connectivity index (χ3v) is 5.22. The molecule has 0 aliphatic rings. The summed E-state index contributed by atoms with van der Waals surface area (Å²) in [5, 5.41) is 3.34. The van der Waals surface area contributed by atoms with Crippen LogP contribution in [0.15, 0.2) is 72.4 Å². The fourth-order valence-corrected chi connectivity index (χ4v) is 3.98. The first-order chi connectivity index (χ1) is 12.4. The molecule has 3 nitrogen and oxygen atoms in total. The molecule has 2 aromatic carbocycles. The maximum Gasteiger partial charge on any atom is 0.141 e. The number of thiophene rings is 1. The number of nitrogens with zero attached hydrogens (tertiary/aromatic N) is 3. The third-order valence-electron chi connectivity index (χ3n) is 4.33. The minimum atomic E-state index is 0.841. The second-order valence-electron chi connectivity index (χ2n) is 5.89. The standard InChI is InChI=1S/C21H19N3S/c1-2-24(13-16-9-5-3-6-10-16)20-19-18(17-11-7-4-8-12-17)14-25-21(19)23-15-22-20/h3-12,14-15H,2,13H2,1H3. The van der Waals surface area contributed by atoms with Crippen LogP contribution >= 0.6 is 11.3 Å². The van der Waals surface area contributed by atoms with Gasteiger partial charge in [0.05, 0.1) is 5.39 Å². The number of benzene rings is 2. The Labute approximate surface area is 151 Å². The maximum absolute atomic E-state index is 4.65. The van der Waals surface area contributed by atoms with Crippen molar-refractivity contribution in [2.45, 2.75) is 13.5 Å². The summed E-state index contributed by atoms with van der Waals surface area (Å²) in [5.74, 6) is 1.01. The van der Waals surface area contributed by atoms with Crippen molar-refractivity contribution in [2.75, 3.05) is 11.4 Å². The van der Waals surface area contributed by atoms with E-state index in [4.69, 9.17) is 0 Å². The first-order valence-electron chi connectivity index (χ1n) is 8.43. The number of rotatable bonds is 5. The van der Waals surface area contributed by atoms with E-state index in [0.717, 1.165) is 29.1 Å². The predicted octanol–water partition coefficient (Wildman–Crippen LogP) is 5.38. The largest absolute Gasteiger partial charge is 0.352 e. The lowest BCUT2D eigenvalue weighted by molar-refractivity contribution is 0.817. The van der Waals surface area contributed by atoms with Gasteiger partial charge in [-0.1, -0.05) is 60.7 Å². The smallest absolute Gasteiger partial charge is 0.141 e. The van der Waals surface area contributed by atoms with Crippen molar-refractivity contribution in [1.82, 2.24) is 9.97 Å². The average Bonchev–Trinajstić information content (AvgIpc) is 3.12. The summed E-state index contributed by atoms with van der Waals surface area (Å²) < 4.78 is 0. The Morgan fingerprint density at radius 3 is 2.36 bits per heavy atom. The minimum absolute atomic E-state index is 0.841. The highest BCUT2D eigenvalue weighted by molar-refractivity contribution is 7.17. The van der Waals surface area contributed by atoms with Crippen LogP contribution in [0.25, 0.3) is 21.3 Å². The molecular formula is C21H19N3S. The first kappa shape index (κ1) is 15.8. The van der Waals surface area contributed by atoms with Gasteiger partial charge in [0, 0.05) is 24.0 Å². The molecule has 0 aliphatic carbocycles. The fraction of sp³-hybridized carbons (Fsp3) is 0.143. The second-order valence-corrected chi connectivity index (χ2v) is 6.75. The Kier molecular flexibility index (Phi) is 4.44. The van der Waals surface area contributed by atoms with Crippen molar-refractivity contribution in [3.63, 3.8) is 0 Å². The van der Waals surface area contributed by atoms with Gasteiger partial charge in [0.25, 0.3) is 0 Å². The van der Waals surface area contributed by atoms with Crippen LogP contribution in [0.2, 0.25) is 0 Å². The van der Waals surface area contributed by atoms with Crippen molar-refractivity contribution in [3.05, 3.63) is 77.9 Å². The molecule has 0 fully saturated rings. The van der Waals surface area contributed by atoms with Crippen LogP contribution in [0.3, 0.4) is 0 Å². The molecule has 0 spiro atoms. The Hall–Kier alpha value is -2.72. The molecule has 0 amide bonds. The van der Waals surface area contributed by atoms with E-state index in [1.165, 1.54) is 16.7 Å². The van der Waals surface area contributed by atoms with Gasteiger partial charge in [-0.3, -0.25) is 0 Å². The number of hydrogen-bond donors (Lipinski definition) is 0. The molecular weight excluding hydrogens is 326 g/mol. The highest BCUT2D eigenvalue weighted by Gasteiger charge is 2.17. The van der Waals surface area contributed by atoms with E-state index in [1.54, 1.807) is 17.7 Å². The van der Waals surface area contributed by atoms with Crippen molar-refractivity contribution in [2.24, 2.45) is 0 Å². The van der Waals surface area contributed by atoms with Crippen LogP contribution in [0.1, 0.15) is 12.5 Å². The number of anilines is 1. The highest BCUT2D eigenvalue weighted by atomic mass is 32.1. The summed E-state index contributed by atoms with van der Waals surface area (Å²) in [6, 6.07) is 21.0. The molecule has 2 heterocycles. The molecule has 4 heteroatoms. The fourth-order valence-electron chi connectivity index (χ4n) is 3.07. The average molecular weight is 345 g/mol. The van der Waals surface area contributed by atoms with Gasteiger partial charge in [-0.05, 0) is 18.1 Å². The molecule has 4 rings (SSSR count). The topological polar surface area (TPSA) is 29.0 Å². The molecule has 0 atom stereocenters. The van der Waals surface area contributed by atoms with E-state index in [0.29, 0.717) is 0 Å². The Bertz CT molecular complexity index is 964. The van der Waals surface area contributed by atoms with E-state index in [2.05, 4.69) is 81.8 Å². The molecule has 0 saturated carbocycles. The summed E-state index contributed by atoms with van der Waals surface area (Å²) in [7, 11) is 0. The lowest BCUT2D eigenvalue weighted by atomic mass is 10.1. The van der Waals surface area contributed by atoms with E-state index in [1.807, 2.05) is 6.07 Å². The van der Waals surface area contributed by atoms with E-state index < -0.39 is 0 Å². The van der Waals surface area contributed by atoms with Gasteiger partial charge >= 0.3 is 0 Å². The van der Waals surface area contributed by atoms with Crippen molar-refractivity contribution in [1.29, 1.82) is 0 Å². The van der Waals surface area contributed by atoms with Gasteiger partial charge in [0.2, 0.25) is 0 Å². The summed E-state index contributed by atoms with van der Waals surface area (Å²) in [6.45, 7) is 3.91. The van der Waals surface area contributed by atoms with Crippen LogP contribution in [0.4, 0.5) is 5.82 Å². The van der Waals surface area contributed by atoms with Crippen LogP contribution in [0, 0.1) is 0 Å². The molecule has 4 aromatic rings. The highest BCUT2D eigenvalue weighted by Crippen LogP contribution is 2.38. The Morgan fingerprint density at radius 1 is 0.920 bits per heavy atom. The van der Waals surface area contributed by atoms with Crippen LogP contribution < -0.4 is 4.90 Å². The number of hydrogen-bond acceptors (Lipinski definition) is 4. The van der Waals surface area contributed by atoms with E-state index in [-0.39, 0.29) is 0 Å². The predicted molar refractivity (Wildman–Crippen MR) is 106 cm³/mol. The van der Waals surface area contributed by atoms with Crippen molar-refractivity contribution >= 4 is 27.4 Å². The maximum atomic E-state index is 4.65. The monoisotopic (exact) mass is 345 g/mol. The van der Waals surface area contributed by atoms with Crippen LogP contribution in [-0.4, -0.2) is 16.5 Å². The van der Waals surface area contributed by atoms with Gasteiger partial charge in [-0.25, -0.2) is 9.97 Å². The van der Waals surface area contributed by atoms with Crippen LogP contribution in [0.5, 0.6) is 0 Å². The first-order valence-corrected chi connectivity index (χ1v) is 9.31. The van der Waals surface area contributed by atoms with Crippen LogP contribution in [-0.2, 0) is 6.54 Å². The zero-order chi connectivity index (χ0) is 17.1. The quantitative estimate of drug-likeness (QED) is 0.486. The van der Waals surface area contributed by atoms with E-state index in [9.17, 15) is 0 Å². The molecule has 25 heavy (non-hydrogen) atoms. The minimum Gasteiger partial charge on any atom is -0.352 e. The van der Waals surface area contributed by atoms with Gasteiger partial charge in [0.1, 0.15) is 17.0 Å². The van der Waals surface area contributed by atoms with Crippen molar-refractivity contribution in [3.8, 4) is 11.1 Å². The van der Waals surface area contributed by atoms with Gasteiger partial charge < -0.3 is 4.90 Å². The Balaban J connectivity index is 1.82. The molecule has 0 N–H and O–H groups in total. The summed E-state index contributed by atoms with van der Waals surface area (Å²) in [5.41, 5.74) is 3.70. The van der Waals surface area contributed by atoms with E-state index >= 15 is 0 Å². The molecule has 0 aliphatic heterocycles. The van der Waals surface area contributed by atoms with Crippen molar-refractivity contribution < 1.29 is 0 Å². The summed E-state index contributed by atoms with van der Waals surface area (Å²) in [6.07, 6.45) is 1.68. The molecule has 124 valence electrons. The Morgan fingerprint density at radius 2 is 1.64 bits per heavy atom. The molecule has 0 saturated heterocycles. The normalized spacial score (nSPS) is 10.9. The van der Waals surface area contributed by atoms with Gasteiger partial charge in [-0.2, -0.15) is 0 Å². The zero-order valence-corrected chi connectivity index (χ0v) is 14.9.